The molecule has 2 aromatic heterocycles. The van der Waals surface area contributed by atoms with Gasteiger partial charge in [0.25, 0.3) is 0 Å². The molecule has 0 amide bonds. The molecule has 5 nitrogen and oxygen atoms in total. The SMILES string of the molecule is CCc1nn(C)cc1C(Cc1csc(C)n1)NN. The second-order valence-electron chi connectivity index (χ2n) is 4.34. The van der Waals surface area contributed by atoms with Gasteiger partial charge in [0.05, 0.1) is 22.4 Å². The molecule has 0 aliphatic rings. The Bertz CT molecular complexity index is 516. The largest absolute Gasteiger partial charge is 0.275 e. The molecule has 2 aromatic rings. The molecule has 98 valence electrons. The lowest BCUT2D eigenvalue weighted by atomic mass is 10.0. The number of nitrogens with two attached hydrogens (primary N) is 1. The summed E-state index contributed by atoms with van der Waals surface area (Å²) in [6.07, 6.45) is 3.73. The topological polar surface area (TPSA) is 68.8 Å². The third-order valence-electron chi connectivity index (χ3n) is 2.93. The lowest BCUT2D eigenvalue weighted by Gasteiger charge is -2.14. The summed E-state index contributed by atoms with van der Waals surface area (Å²) in [4.78, 5) is 4.48. The number of hydrogen-bond donors (Lipinski definition) is 2. The summed E-state index contributed by atoms with van der Waals surface area (Å²) in [5, 5.41) is 7.62. The molecule has 0 saturated heterocycles. The van der Waals surface area contributed by atoms with Crippen molar-refractivity contribution in [3.63, 3.8) is 0 Å². The third kappa shape index (κ3) is 2.77. The van der Waals surface area contributed by atoms with Crippen molar-refractivity contribution in [3.8, 4) is 0 Å². The molecule has 0 aliphatic heterocycles. The van der Waals surface area contributed by atoms with Crippen LogP contribution in [0, 0.1) is 6.92 Å². The molecule has 3 N–H and O–H groups in total. The van der Waals surface area contributed by atoms with Crippen LogP contribution >= 0.6 is 11.3 Å². The van der Waals surface area contributed by atoms with Crippen LogP contribution in [0.2, 0.25) is 0 Å². The molecule has 1 unspecified atom stereocenters. The van der Waals surface area contributed by atoms with E-state index in [2.05, 4.69) is 27.8 Å². The minimum Gasteiger partial charge on any atom is -0.275 e. The lowest BCUT2D eigenvalue weighted by Crippen LogP contribution is -2.30. The molecule has 0 radical (unpaired) electrons. The molecule has 0 saturated carbocycles. The second-order valence-corrected chi connectivity index (χ2v) is 5.40. The van der Waals surface area contributed by atoms with E-state index in [1.54, 1.807) is 11.3 Å². The summed E-state index contributed by atoms with van der Waals surface area (Å²) in [5.74, 6) is 5.68. The van der Waals surface area contributed by atoms with Crippen LogP contribution in [0.1, 0.15) is 34.9 Å². The van der Waals surface area contributed by atoms with E-state index in [-0.39, 0.29) is 6.04 Å². The minimum absolute atomic E-state index is 0.0650. The van der Waals surface area contributed by atoms with Crippen molar-refractivity contribution in [1.29, 1.82) is 0 Å². The van der Waals surface area contributed by atoms with Crippen molar-refractivity contribution in [2.24, 2.45) is 12.9 Å². The van der Waals surface area contributed by atoms with Crippen molar-refractivity contribution in [2.45, 2.75) is 32.7 Å². The molecule has 1 atom stereocenters. The van der Waals surface area contributed by atoms with Gasteiger partial charge in [0, 0.05) is 30.6 Å². The average Bonchev–Trinajstić information content (AvgIpc) is 2.92. The van der Waals surface area contributed by atoms with Crippen molar-refractivity contribution in [1.82, 2.24) is 20.2 Å². The molecule has 18 heavy (non-hydrogen) atoms. The van der Waals surface area contributed by atoms with Gasteiger partial charge < -0.3 is 0 Å². The lowest BCUT2D eigenvalue weighted by molar-refractivity contribution is 0.542. The fourth-order valence-electron chi connectivity index (χ4n) is 2.09. The highest BCUT2D eigenvalue weighted by Gasteiger charge is 2.18. The normalized spacial score (nSPS) is 12.9. The van der Waals surface area contributed by atoms with Gasteiger partial charge in [-0.05, 0) is 13.3 Å². The van der Waals surface area contributed by atoms with Gasteiger partial charge in [0.1, 0.15) is 0 Å². The number of thiazole rings is 1. The van der Waals surface area contributed by atoms with Crippen LogP contribution in [0.3, 0.4) is 0 Å². The summed E-state index contributed by atoms with van der Waals surface area (Å²) in [7, 11) is 1.93. The highest BCUT2D eigenvalue weighted by atomic mass is 32.1. The maximum atomic E-state index is 5.68. The molecule has 0 spiro atoms. The average molecular weight is 265 g/mol. The van der Waals surface area contributed by atoms with Crippen molar-refractivity contribution in [2.75, 3.05) is 0 Å². The molecule has 0 bridgehead atoms. The molecule has 0 aliphatic carbocycles. The van der Waals surface area contributed by atoms with E-state index in [0.717, 1.165) is 34.8 Å². The standard InChI is InChI=1S/C12H19N5S/c1-4-11-10(6-17(3)16-11)12(15-13)5-9-7-18-8(2)14-9/h6-7,12,15H,4-5,13H2,1-3H3. The molecule has 6 heteroatoms. The summed E-state index contributed by atoms with van der Waals surface area (Å²) in [6, 6.07) is 0.0650. The number of aryl methyl sites for hydroxylation is 3. The van der Waals surface area contributed by atoms with Crippen LogP contribution in [0.5, 0.6) is 0 Å². The van der Waals surface area contributed by atoms with E-state index in [9.17, 15) is 0 Å². The maximum Gasteiger partial charge on any atom is 0.0897 e. The van der Waals surface area contributed by atoms with Crippen LogP contribution in [0.25, 0.3) is 0 Å². The number of hydrogen-bond acceptors (Lipinski definition) is 5. The Kier molecular flexibility index (Phi) is 4.11. The Balaban J connectivity index is 2.22. The number of aromatic nitrogens is 3. The second kappa shape index (κ2) is 5.60. The van der Waals surface area contributed by atoms with Gasteiger partial charge in [-0.1, -0.05) is 6.92 Å². The highest BCUT2D eigenvalue weighted by molar-refractivity contribution is 7.09. The van der Waals surface area contributed by atoms with Gasteiger partial charge in [-0.15, -0.1) is 11.3 Å². The fourth-order valence-corrected chi connectivity index (χ4v) is 2.71. The van der Waals surface area contributed by atoms with Crippen LogP contribution in [-0.4, -0.2) is 14.8 Å². The molecular formula is C12H19N5S. The fraction of sp³-hybridized carbons (Fsp3) is 0.500. The first-order valence-electron chi connectivity index (χ1n) is 6.03. The number of rotatable bonds is 5. The van der Waals surface area contributed by atoms with E-state index in [4.69, 9.17) is 5.84 Å². The molecule has 2 rings (SSSR count). The summed E-state index contributed by atoms with van der Waals surface area (Å²) in [6.45, 7) is 4.12. The summed E-state index contributed by atoms with van der Waals surface area (Å²) in [5.41, 5.74) is 6.20. The first-order chi connectivity index (χ1) is 8.63. The van der Waals surface area contributed by atoms with Crippen LogP contribution in [0.4, 0.5) is 0 Å². The van der Waals surface area contributed by atoms with E-state index in [1.165, 1.54) is 0 Å². The number of nitrogens with one attached hydrogen (secondary N) is 1. The Morgan fingerprint density at radius 1 is 1.56 bits per heavy atom. The van der Waals surface area contributed by atoms with E-state index in [0.29, 0.717) is 0 Å². The third-order valence-corrected chi connectivity index (χ3v) is 3.75. The zero-order valence-corrected chi connectivity index (χ0v) is 11.8. The predicted octanol–water partition coefficient (Wildman–Crippen LogP) is 1.49. The monoisotopic (exact) mass is 265 g/mol. The highest BCUT2D eigenvalue weighted by Crippen LogP contribution is 2.22. The number of nitrogens with zero attached hydrogens (tertiary/aromatic N) is 3. The summed E-state index contributed by atoms with van der Waals surface area (Å²) >= 11 is 1.67. The van der Waals surface area contributed by atoms with Crippen LogP contribution in [0.15, 0.2) is 11.6 Å². The quantitative estimate of drug-likeness (QED) is 0.635. The predicted molar refractivity (Wildman–Crippen MR) is 73.2 cm³/mol. The van der Waals surface area contributed by atoms with Crippen LogP contribution < -0.4 is 11.3 Å². The van der Waals surface area contributed by atoms with Crippen molar-refractivity contribution in [3.05, 3.63) is 33.5 Å². The van der Waals surface area contributed by atoms with Gasteiger partial charge in [0.15, 0.2) is 0 Å². The van der Waals surface area contributed by atoms with Gasteiger partial charge >= 0.3 is 0 Å². The van der Waals surface area contributed by atoms with Gasteiger partial charge in [-0.3, -0.25) is 16.0 Å². The van der Waals surface area contributed by atoms with Gasteiger partial charge in [-0.25, -0.2) is 4.98 Å². The van der Waals surface area contributed by atoms with Crippen molar-refractivity contribution >= 4 is 11.3 Å². The molecular weight excluding hydrogens is 246 g/mol. The number of hydrazine groups is 1. The van der Waals surface area contributed by atoms with Gasteiger partial charge in [-0.2, -0.15) is 5.10 Å². The van der Waals surface area contributed by atoms with Crippen molar-refractivity contribution < 1.29 is 0 Å². The van der Waals surface area contributed by atoms with E-state index >= 15 is 0 Å². The van der Waals surface area contributed by atoms with Gasteiger partial charge in [0.2, 0.25) is 0 Å². The Labute approximate surface area is 111 Å². The van der Waals surface area contributed by atoms with Crippen LogP contribution in [-0.2, 0) is 19.9 Å². The maximum absolute atomic E-state index is 5.68. The zero-order valence-electron chi connectivity index (χ0n) is 11.0. The minimum atomic E-state index is 0.0650. The first kappa shape index (κ1) is 13.2. The molecule has 2 heterocycles. The van der Waals surface area contributed by atoms with E-state index < -0.39 is 0 Å². The molecule has 0 aromatic carbocycles. The first-order valence-corrected chi connectivity index (χ1v) is 6.91. The van der Waals surface area contributed by atoms with E-state index in [1.807, 2.05) is 24.9 Å². The Hall–Kier alpha value is -1.24. The smallest absolute Gasteiger partial charge is 0.0897 e. The Morgan fingerprint density at radius 3 is 2.89 bits per heavy atom. The Morgan fingerprint density at radius 2 is 2.33 bits per heavy atom. The zero-order chi connectivity index (χ0) is 13.1. The molecule has 0 fully saturated rings. The summed E-state index contributed by atoms with van der Waals surface area (Å²) < 4.78 is 1.84.